The molecule has 4 heteroatoms. The Morgan fingerprint density at radius 2 is 1.56 bits per heavy atom. The van der Waals surface area contributed by atoms with Gasteiger partial charge < -0.3 is 9.15 Å². The summed E-state index contributed by atoms with van der Waals surface area (Å²) in [6.07, 6.45) is 0. The van der Waals surface area contributed by atoms with E-state index in [4.69, 9.17) is 9.15 Å². The molecule has 0 amide bonds. The standard InChI is InChI=1S/C21H14O4/c22-18(20-12-15-7-2-4-11-19(15)25-20)13-24-21(23)17-10-5-8-14-6-1-3-9-16(14)17/h1-12H,13H2. The minimum atomic E-state index is -0.527. The van der Waals surface area contributed by atoms with Crippen LogP contribution in [0.4, 0.5) is 0 Å². The Balaban J connectivity index is 1.52. The smallest absolute Gasteiger partial charge is 0.339 e. The Morgan fingerprint density at radius 3 is 2.40 bits per heavy atom. The van der Waals surface area contributed by atoms with E-state index < -0.39 is 5.97 Å². The Bertz CT molecular complexity index is 1050. The summed E-state index contributed by atoms with van der Waals surface area (Å²) in [4.78, 5) is 24.6. The average molecular weight is 330 g/mol. The van der Waals surface area contributed by atoms with Gasteiger partial charge in [0.05, 0.1) is 5.56 Å². The second-order valence-corrected chi connectivity index (χ2v) is 5.67. The van der Waals surface area contributed by atoms with Crippen molar-refractivity contribution in [3.63, 3.8) is 0 Å². The van der Waals surface area contributed by atoms with Crippen LogP contribution in [0.15, 0.2) is 77.2 Å². The number of ketones is 1. The maximum absolute atomic E-state index is 12.4. The zero-order chi connectivity index (χ0) is 17.2. The third-order valence-electron chi connectivity index (χ3n) is 4.04. The van der Waals surface area contributed by atoms with Gasteiger partial charge in [0.2, 0.25) is 5.78 Å². The second-order valence-electron chi connectivity index (χ2n) is 5.67. The number of ether oxygens (including phenoxy) is 1. The Morgan fingerprint density at radius 1 is 0.840 bits per heavy atom. The molecule has 4 nitrogen and oxygen atoms in total. The van der Waals surface area contributed by atoms with Gasteiger partial charge in [0.15, 0.2) is 12.4 Å². The van der Waals surface area contributed by atoms with Crippen molar-refractivity contribution < 1.29 is 18.7 Å². The van der Waals surface area contributed by atoms with Crippen molar-refractivity contribution in [3.05, 3.63) is 84.1 Å². The molecule has 0 radical (unpaired) electrons. The molecule has 0 saturated heterocycles. The maximum Gasteiger partial charge on any atom is 0.339 e. The third-order valence-corrected chi connectivity index (χ3v) is 4.04. The van der Waals surface area contributed by atoms with Crippen LogP contribution in [0, 0.1) is 0 Å². The number of carbonyl (C=O) groups is 2. The predicted octanol–water partition coefficient (Wildman–Crippen LogP) is 4.63. The lowest BCUT2D eigenvalue weighted by atomic mass is 10.1. The molecule has 0 saturated carbocycles. The highest BCUT2D eigenvalue weighted by Crippen LogP contribution is 2.21. The number of furan rings is 1. The Labute approximate surface area is 143 Å². The highest BCUT2D eigenvalue weighted by molar-refractivity contribution is 6.06. The van der Waals surface area contributed by atoms with Gasteiger partial charge in [-0.15, -0.1) is 0 Å². The fraction of sp³-hybridized carbons (Fsp3) is 0.0476. The number of hydrogen-bond acceptors (Lipinski definition) is 4. The summed E-state index contributed by atoms with van der Waals surface area (Å²) < 4.78 is 10.7. The van der Waals surface area contributed by atoms with Crippen LogP contribution in [0.1, 0.15) is 20.9 Å². The molecule has 122 valence electrons. The maximum atomic E-state index is 12.4. The van der Waals surface area contributed by atoms with Crippen LogP contribution in [0.25, 0.3) is 21.7 Å². The summed E-state index contributed by atoms with van der Waals surface area (Å²) >= 11 is 0. The molecular formula is C21H14O4. The molecule has 0 spiro atoms. The molecule has 0 bridgehead atoms. The van der Waals surface area contributed by atoms with E-state index in [2.05, 4.69) is 0 Å². The van der Waals surface area contributed by atoms with Gasteiger partial charge in [-0.25, -0.2) is 4.79 Å². The lowest BCUT2D eigenvalue weighted by Gasteiger charge is -2.06. The number of rotatable bonds is 4. The van der Waals surface area contributed by atoms with E-state index in [1.165, 1.54) is 0 Å². The first-order chi connectivity index (χ1) is 12.2. The number of para-hydroxylation sites is 1. The van der Waals surface area contributed by atoms with Crippen molar-refractivity contribution in [1.82, 2.24) is 0 Å². The van der Waals surface area contributed by atoms with E-state index in [1.54, 1.807) is 24.3 Å². The van der Waals surface area contributed by atoms with E-state index in [9.17, 15) is 9.59 Å². The predicted molar refractivity (Wildman–Crippen MR) is 94.8 cm³/mol. The van der Waals surface area contributed by atoms with Gasteiger partial charge in [0.1, 0.15) is 5.58 Å². The van der Waals surface area contributed by atoms with Crippen LogP contribution in [0.5, 0.6) is 0 Å². The largest absolute Gasteiger partial charge is 0.454 e. The number of fused-ring (bicyclic) bond motifs is 2. The minimum Gasteiger partial charge on any atom is -0.454 e. The van der Waals surface area contributed by atoms with Crippen LogP contribution < -0.4 is 0 Å². The van der Waals surface area contributed by atoms with Gasteiger partial charge in [-0.3, -0.25) is 4.79 Å². The summed E-state index contributed by atoms with van der Waals surface area (Å²) in [7, 11) is 0. The van der Waals surface area contributed by atoms with E-state index in [0.29, 0.717) is 11.1 Å². The average Bonchev–Trinajstić information content (AvgIpc) is 3.09. The molecule has 3 aromatic carbocycles. The molecule has 0 fully saturated rings. The zero-order valence-electron chi connectivity index (χ0n) is 13.3. The van der Waals surface area contributed by atoms with Crippen molar-refractivity contribution >= 4 is 33.5 Å². The number of hydrogen-bond donors (Lipinski definition) is 0. The van der Waals surface area contributed by atoms with Crippen LogP contribution in [0.2, 0.25) is 0 Å². The summed E-state index contributed by atoms with van der Waals surface area (Å²) in [6.45, 7) is -0.359. The SMILES string of the molecule is O=C(COC(=O)c1cccc2ccccc12)c1cc2ccccc2o1. The molecule has 4 aromatic rings. The molecule has 0 unspecified atom stereocenters. The Hall–Kier alpha value is -3.40. The normalized spacial score (nSPS) is 10.9. The quantitative estimate of drug-likeness (QED) is 0.404. The topological polar surface area (TPSA) is 56.5 Å². The summed E-state index contributed by atoms with van der Waals surface area (Å²) in [5.41, 5.74) is 1.07. The monoisotopic (exact) mass is 330 g/mol. The molecule has 25 heavy (non-hydrogen) atoms. The van der Waals surface area contributed by atoms with E-state index in [0.717, 1.165) is 16.2 Å². The highest BCUT2D eigenvalue weighted by Gasteiger charge is 2.17. The second kappa shape index (κ2) is 6.24. The van der Waals surface area contributed by atoms with Crippen LogP contribution >= 0.6 is 0 Å². The fourth-order valence-corrected chi connectivity index (χ4v) is 2.80. The van der Waals surface area contributed by atoms with Crippen molar-refractivity contribution in [2.24, 2.45) is 0 Å². The van der Waals surface area contributed by atoms with Gasteiger partial charge in [0.25, 0.3) is 0 Å². The fourth-order valence-electron chi connectivity index (χ4n) is 2.80. The number of benzene rings is 3. The molecule has 0 aliphatic carbocycles. The number of carbonyl (C=O) groups excluding carboxylic acids is 2. The van der Waals surface area contributed by atoms with Crippen molar-refractivity contribution in [3.8, 4) is 0 Å². The van der Waals surface area contributed by atoms with Crippen molar-refractivity contribution in [2.45, 2.75) is 0 Å². The van der Waals surface area contributed by atoms with Gasteiger partial charge >= 0.3 is 5.97 Å². The third kappa shape index (κ3) is 2.90. The molecule has 0 aliphatic heterocycles. The molecule has 0 aliphatic rings. The molecule has 1 heterocycles. The minimum absolute atomic E-state index is 0.187. The lowest BCUT2D eigenvalue weighted by Crippen LogP contribution is -2.14. The van der Waals surface area contributed by atoms with Gasteiger partial charge in [0, 0.05) is 5.39 Å². The summed E-state index contributed by atoms with van der Waals surface area (Å²) in [5.74, 6) is -0.710. The molecule has 0 atom stereocenters. The zero-order valence-corrected chi connectivity index (χ0v) is 13.3. The molecule has 1 aromatic heterocycles. The number of Topliss-reactive ketones (excluding diaryl/α,β-unsaturated/α-hetero) is 1. The highest BCUT2D eigenvalue weighted by atomic mass is 16.5. The van der Waals surface area contributed by atoms with E-state index in [-0.39, 0.29) is 18.2 Å². The Kier molecular flexibility index (Phi) is 3.78. The number of esters is 1. The first-order valence-electron chi connectivity index (χ1n) is 7.89. The van der Waals surface area contributed by atoms with Crippen LogP contribution in [-0.2, 0) is 4.74 Å². The van der Waals surface area contributed by atoms with Crippen LogP contribution in [-0.4, -0.2) is 18.4 Å². The molecular weight excluding hydrogens is 316 g/mol. The van der Waals surface area contributed by atoms with Crippen LogP contribution in [0.3, 0.4) is 0 Å². The van der Waals surface area contributed by atoms with E-state index in [1.807, 2.05) is 48.5 Å². The van der Waals surface area contributed by atoms with Gasteiger partial charge in [-0.1, -0.05) is 54.6 Å². The van der Waals surface area contributed by atoms with E-state index >= 15 is 0 Å². The first kappa shape index (κ1) is 15.1. The van der Waals surface area contributed by atoms with Crippen molar-refractivity contribution in [2.75, 3.05) is 6.61 Å². The summed E-state index contributed by atoms with van der Waals surface area (Å²) in [5, 5.41) is 2.58. The summed E-state index contributed by atoms with van der Waals surface area (Å²) in [6, 6.07) is 21.9. The van der Waals surface area contributed by atoms with Gasteiger partial charge in [-0.05, 0) is 29.0 Å². The van der Waals surface area contributed by atoms with Gasteiger partial charge in [-0.2, -0.15) is 0 Å². The molecule has 0 N–H and O–H groups in total. The van der Waals surface area contributed by atoms with Crippen molar-refractivity contribution in [1.29, 1.82) is 0 Å². The molecule has 4 rings (SSSR count). The lowest BCUT2D eigenvalue weighted by molar-refractivity contribution is 0.0470. The first-order valence-corrected chi connectivity index (χ1v) is 7.89.